The van der Waals surface area contributed by atoms with Crippen LogP contribution in [0.4, 0.5) is 0 Å². The molecule has 0 aromatic rings. The number of nitrogens with one attached hydrogen (secondary N) is 1. The molecule has 0 bridgehead atoms. The van der Waals surface area contributed by atoms with E-state index in [-0.39, 0.29) is 5.91 Å². The van der Waals surface area contributed by atoms with Gasteiger partial charge in [-0.05, 0) is 6.08 Å². The average molecular weight is 167 g/mol. The summed E-state index contributed by atoms with van der Waals surface area (Å²) in [5, 5.41) is 2.70. The quantitative estimate of drug-likeness (QED) is 0.581. The largest absolute Gasteiger partial charge is 0.359 e. The number of hydrogen-bond donors (Lipinski definition) is 1. The van der Waals surface area contributed by atoms with E-state index in [9.17, 15) is 4.79 Å². The summed E-state index contributed by atoms with van der Waals surface area (Å²) in [4.78, 5) is 16.8. The van der Waals surface area contributed by atoms with Gasteiger partial charge in [0.2, 0.25) is 5.91 Å². The van der Waals surface area contributed by atoms with E-state index in [4.69, 9.17) is 0 Å². The van der Waals surface area contributed by atoms with Crippen molar-refractivity contribution in [1.29, 1.82) is 0 Å². The maximum absolute atomic E-state index is 10.7. The van der Waals surface area contributed by atoms with Gasteiger partial charge in [-0.3, -0.25) is 9.79 Å². The monoisotopic (exact) mass is 167 g/mol. The van der Waals surface area contributed by atoms with Crippen molar-refractivity contribution < 1.29 is 4.79 Å². The third-order valence-corrected chi connectivity index (χ3v) is 1.64. The van der Waals surface area contributed by atoms with Crippen molar-refractivity contribution >= 4 is 12.2 Å². The molecule has 12 heavy (non-hydrogen) atoms. The summed E-state index contributed by atoms with van der Waals surface area (Å²) >= 11 is 0. The number of carbonyl (C=O) groups excluding carboxylic acids is 1. The Balaban J connectivity index is 2.05. The summed E-state index contributed by atoms with van der Waals surface area (Å²) in [5.41, 5.74) is 0. The lowest BCUT2D eigenvalue weighted by atomic mass is 10.5. The Labute approximate surface area is 72.0 Å². The molecule has 0 aromatic carbocycles. The summed E-state index contributed by atoms with van der Waals surface area (Å²) in [7, 11) is 0. The van der Waals surface area contributed by atoms with Crippen molar-refractivity contribution in [2.45, 2.75) is 0 Å². The molecule has 0 aliphatic carbocycles. The molecule has 1 aliphatic rings. The van der Waals surface area contributed by atoms with Crippen LogP contribution < -0.4 is 5.32 Å². The molecule has 4 heteroatoms. The summed E-state index contributed by atoms with van der Waals surface area (Å²) in [5.74, 6) is -0.119. The van der Waals surface area contributed by atoms with Crippen LogP contribution in [-0.4, -0.2) is 43.3 Å². The molecule has 0 saturated carbocycles. The minimum Gasteiger partial charge on any atom is -0.359 e. The lowest BCUT2D eigenvalue weighted by molar-refractivity contribution is -0.116. The lowest BCUT2D eigenvalue weighted by Gasteiger charge is -2.12. The zero-order valence-corrected chi connectivity index (χ0v) is 6.99. The first-order valence-corrected chi connectivity index (χ1v) is 3.97. The van der Waals surface area contributed by atoms with Crippen molar-refractivity contribution in [2.24, 2.45) is 4.99 Å². The van der Waals surface area contributed by atoms with Gasteiger partial charge in [0.15, 0.2) is 0 Å². The number of amides is 1. The number of rotatable bonds is 4. The lowest BCUT2D eigenvalue weighted by Crippen LogP contribution is -2.32. The van der Waals surface area contributed by atoms with Crippen molar-refractivity contribution in [3.05, 3.63) is 12.7 Å². The minimum atomic E-state index is -0.119. The summed E-state index contributed by atoms with van der Waals surface area (Å²) in [6.07, 6.45) is 3.10. The van der Waals surface area contributed by atoms with Crippen LogP contribution in [0.15, 0.2) is 17.6 Å². The molecule has 0 saturated heterocycles. The fraction of sp³-hybridized carbons (Fsp3) is 0.500. The average Bonchev–Trinajstić information content (AvgIpc) is 2.57. The molecular weight excluding hydrogens is 154 g/mol. The van der Waals surface area contributed by atoms with Gasteiger partial charge in [-0.15, -0.1) is 0 Å². The molecule has 0 aromatic heterocycles. The van der Waals surface area contributed by atoms with Crippen LogP contribution in [0.1, 0.15) is 0 Å². The van der Waals surface area contributed by atoms with Gasteiger partial charge in [0.25, 0.3) is 0 Å². The molecule has 4 nitrogen and oxygen atoms in total. The second-order valence-electron chi connectivity index (χ2n) is 2.55. The normalized spacial score (nSPS) is 14.8. The number of carbonyl (C=O) groups is 1. The fourth-order valence-corrected chi connectivity index (χ4v) is 0.982. The van der Waals surface area contributed by atoms with E-state index in [1.807, 2.05) is 6.34 Å². The maximum atomic E-state index is 10.7. The van der Waals surface area contributed by atoms with E-state index >= 15 is 0 Å². The van der Waals surface area contributed by atoms with E-state index < -0.39 is 0 Å². The second-order valence-corrected chi connectivity index (χ2v) is 2.55. The third-order valence-electron chi connectivity index (χ3n) is 1.64. The van der Waals surface area contributed by atoms with Gasteiger partial charge in [0.05, 0.1) is 12.9 Å². The maximum Gasteiger partial charge on any atom is 0.243 e. The first-order valence-electron chi connectivity index (χ1n) is 3.97. The molecule has 0 fully saturated rings. The summed E-state index contributed by atoms with van der Waals surface area (Å²) in [6.45, 7) is 6.66. The van der Waals surface area contributed by atoms with Crippen LogP contribution in [-0.2, 0) is 4.79 Å². The molecule has 1 rings (SSSR count). The van der Waals surface area contributed by atoms with Crippen LogP contribution in [0.5, 0.6) is 0 Å². The fourth-order valence-electron chi connectivity index (χ4n) is 0.982. The highest BCUT2D eigenvalue weighted by Crippen LogP contribution is 1.90. The van der Waals surface area contributed by atoms with Gasteiger partial charge in [0.1, 0.15) is 0 Å². The second kappa shape index (κ2) is 4.54. The molecule has 0 spiro atoms. The molecule has 66 valence electrons. The first kappa shape index (κ1) is 8.77. The van der Waals surface area contributed by atoms with E-state index in [0.29, 0.717) is 6.54 Å². The molecule has 1 aliphatic heterocycles. The molecule has 1 heterocycles. The predicted molar refractivity (Wildman–Crippen MR) is 48.1 cm³/mol. The molecule has 1 amide bonds. The van der Waals surface area contributed by atoms with Gasteiger partial charge in [-0.1, -0.05) is 6.58 Å². The highest BCUT2D eigenvalue weighted by atomic mass is 16.1. The van der Waals surface area contributed by atoms with E-state index in [0.717, 1.165) is 19.6 Å². The molecule has 1 N–H and O–H groups in total. The standard InChI is InChI=1S/C8H13N3O/c1-2-8(12)10-4-6-11-5-3-9-7-11/h2,7H,1,3-6H2,(H,10,12). The van der Waals surface area contributed by atoms with Crippen LogP contribution >= 0.6 is 0 Å². The van der Waals surface area contributed by atoms with E-state index in [2.05, 4.69) is 21.8 Å². The highest BCUT2D eigenvalue weighted by Gasteiger charge is 2.03. The number of hydrogen-bond acceptors (Lipinski definition) is 3. The summed E-state index contributed by atoms with van der Waals surface area (Å²) in [6, 6.07) is 0. The van der Waals surface area contributed by atoms with Crippen molar-refractivity contribution in [2.75, 3.05) is 26.2 Å². The molecular formula is C8H13N3O. The van der Waals surface area contributed by atoms with Crippen molar-refractivity contribution in [3.8, 4) is 0 Å². The Kier molecular flexibility index (Phi) is 3.32. The predicted octanol–water partition coefficient (Wildman–Crippen LogP) is -0.368. The number of nitrogens with zero attached hydrogens (tertiary/aromatic N) is 2. The van der Waals surface area contributed by atoms with Crippen LogP contribution in [0.25, 0.3) is 0 Å². The zero-order chi connectivity index (χ0) is 8.81. The SMILES string of the molecule is C=CC(=O)NCCN1C=NCC1. The van der Waals surface area contributed by atoms with Gasteiger partial charge in [0, 0.05) is 19.6 Å². The van der Waals surface area contributed by atoms with Gasteiger partial charge < -0.3 is 10.2 Å². The molecule has 0 radical (unpaired) electrons. The third kappa shape index (κ3) is 2.74. The van der Waals surface area contributed by atoms with Crippen LogP contribution in [0.2, 0.25) is 0 Å². The Morgan fingerprint density at radius 3 is 3.25 bits per heavy atom. The topological polar surface area (TPSA) is 44.7 Å². The molecule has 0 atom stereocenters. The Bertz CT molecular complexity index is 200. The molecule has 0 unspecified atom stereocenters. The smallest absolute Gasteiger partial charge is 0.243 e. The van der Waals surface area contributed by atoms with E-state index in [1.165, 1.54) is 6.08 Å². The van der Waals surface area contributed by atoms with Crippen LogP contribution in [0.3, 0.4) is 0 Å². The summed E-state index contributed by atoms with van der Waals surface area (Å²) < 4.78 is 0. The van der Waals surface area contributed by atoms with Gasteiger partial charge in [-0.25, -0.2) is 0 Å². The van der Waals surface area contributed by atoms with Crippen LogP contribution in [0, 0.1) is 0 Å². The minimum absolute atomic E-state index is 0.119. The number of aliphatic imine (C=N–C) groups is 1. The van der Waals surface area contributed by atoms with Crippen molar-refractivity contribution in [3.63, 3.8) is 0 Å². The van der Waals surface area contributed by atoms with Crippen molar-refractivity contribution in [1.82, 2.24) is 10.2 Å². The van der Waals surface area contributed by atoms with Gasteiger partial charge in [-0.2, -0.15) is 0 Å². The van der Waals surface area contributed by atoms with Gasteiger partial charge >= 0.3 is 0 Å². The Hall–Kier alpha value is -1.32. The Morgan fingerprint density at radius 1 is 1.83 bits per heavy atom. The van der Waals surface area contributed by atoms with E-state index in [1.54, 1.807) is 0 Å². The highest BCUT2D eigenvalue weighted by molar-refractivity contribution is 5.86. The zero-order valence-electron chi connectivity index (χ0n) is 6.99. The first-order chi connectivity index (χ1) is 5.83. The Morgan fingerprint density at radius 2 is 2.67 bits per heavy atom.